The second-order valence-electron chi connectivity index (χ2n) is 6.60. The molecule has 1 heterocycles. The molecule has 30 heavy (non-hydrogen) atoms. The molecule has 156 valence electrons. The molecular weight excluding hydrogens is 430 g/mol. The predicted molar refractivity (Wildman–Crippen MR) is 114 cm³/mol. The zero-order valence-electron chi connectivity index (χ0n) is 15.9. The first kappa shape index (κ1) is 21.5. The summed E-state index contributed by atoms with van der Waals surface area (Å²) in [6.45, 7) is -0.309. The molecule has 3 aromatic rings. The molecule has 0 aliphatic heterocycles. The molecule has 0 saturated heterocycles. The molecule has 0 bridgehead atoms. The Balaban J connectivity index is 1.85. The van der Waals surface area contributed by atoms with Gasteiger partial charge in [0, 0.05) is 18.5 Å². The number of amides is 1. The van der Waals surface area contributed by atoms with E-state index in [1.54, 1.807) is 0 Å². The number of carbonyl (C=O) groups excluding carboxylic acids is 1. The highest BCUT2D eigenvalue weighted by Gasteiger charge is 2.14. The van der Waals surface area contributed by atoms with Gasteiger partial charge in [-0.1, -0.05) is 41.9 Å². The minimum absolute atomic E-state index is 0.0238. The maximum absolute atomic E-state index is 12.7. The summed E-state index contributed by atoms with van der Waals surface area (Å²) >= 11 is 6.03. The molecule has 0 radical (unpaired) electrons. The Morgan fingerprint density at radius 1 is 1.07 bits per heavy atom. The summed E-state index contributed by atoms with van der Waals surface area (Å²) in [5.74, 6) is -0.695. The number of hydrogen-bond donors (Lipinski definition) is 1. The average molecular weight is 448 g/mol. The predicted octanol–water partition coefficient (Wildman–Crippen LogP) is 1.75. The molecule has 1 amide bonds. The highest BCUT2D eigenvalue weighted by molar-refractivity contribution is 7.90. The van der Waals surface area contributed by atoms with Crippen molar-refractivity contribution in [3.63, 3.8) is 0 Å². The number of benzene rings is 2. The molecule has 2 aromatic carbocycles. The lowest BCUT2D eigenvalue weighted by Crippen LogP contribution is -2.41. The molecule has 3 rings (SSSR count). The minimum atomic E-state index is -3.50. The molecule has 0 unspecified atom stereocenters. The number of halogens is 1. The van der Waals surface area contributed by atoms with Crippen LogP contribution in [0, 0.1) is 0 Å². The summed E-state index contributed by atoms with van der Waals surface area (Å²) in [5.41, 5.74) is -0.343. The van der Waals surface area contributed by atoms with Gasteiger partial charge in [0.25, 0.3) is 5.56 Å². The fourth-order valence-corrected chi connectivity index (χ4v) is 3.58. The maximum Gasteiger partial charge on any atom is 0.331 e. The Morgan fingerprint density at radius 2 is 1.77 bits per heavy atom. The van der Waals surface area contributed by atoms with Gasteiger partial charge in [0.1, 0.15) is 6.54 Å². The molecule has 0 saturated carbocycles. The van der Waals surface area contributed by atoms with Crippen LogP contribution in [0.4, 0.5) is 5.69 Å². The van der Waals surface area contributed by atoms with Crippen LogP contribution in [0.2, 0.25) is 5.02 Å². The molecule has 0 aliphatic rings. The number of anilines is 1. The molecule has 8 nitrogen and oxygen atoms in total. The summed E-state index contributed by atoms with van der Waals surface area (Å²) < 4.78 is 25.5. The molecule has 1 N–H and O–H groups in total. The van der Waals surface area contributed by atoms with Crippen LogP contribution in [0.15, 0.2) is 75.3 Å². The second kappa shape index (κ2) is 8.68. The minimum Gasteiger partial charge on any atom is -0.323 e. The zero-order valence-corrected chi connectivity index (χ0v) is 17.5. The molecule has 10 heteroatoms. The molecule has 0 fully saturated rings. The van der Waals surface area contributed by atoms with Crippen LogP contribution < -0.4 is 16.6 Å². The number of sulfone groups is 1. The number of nitrogens with zero attached hydrogens (tertiary/aromatic N) is 2. The first-order valence-electron chi connectivity index (χ1n) is 8.79. The van der Waals surface area contributed by atoms with Crippen LogP contribution in [-0.4, -0.2) is 29.7 Å². The van der Waals surface area contributed by atoms with E-state index in [-0.39, 0.29) is 22.2 Å². The molecular formula is C20H18ClN3O5S. The van der Waals surface area contributed by atoms with E-state index in [2.05, 4.69) is 5.32 Å². The summed E-state index contributed by atoms with van der Waals surface area (Å²) in [5, 5.41) is 2.57. The fourth-order valence-electron chi connectivity index (χ4n) is 2.77. The van der Waals surface area contributed by atoms with Gasteiger partial charge in [-0.2, -0.15) is 0 Å². The fraction of sp³-hybridized carbons (Fsp3) is 0.150. The first-order chi connectivity index (χ1) is 14.1. The van der Waals surface area contributed by atoms with Crippen molar-refractivity contribution in [1.82, 2.24) is 9.13 Å². The van der Waals surface area contributed by atoms with Gasteiger partial charge in [-0.3, -0.25) is 18.7 Å². The number of aromatic nitrogens is 2. The van der Waals surface area contributed by atoms with Crippen molar-refractivity contribution >= 4 is 33.0 Å². The van der Waals surface area contributed by atoms with Gasteiger partial charge in [0.2, 0.25) is 5.91 Å². The van der Waals surface area contributed by atoms with Gasteiger partial charge in [-0.05, 0) is 23.8 Å². The average Bonchev–Trinajstić information content (AvgIpc) is 2.69. The van der Waals surface area contributed by atoms with Gasteiger partial charge in [0.05, 0.1) is 22.2 Å². The molecule has 0 aliphatic carbocycles. The number of rotatable bonds is 6. The van der Waals surface area contributed by atoms with Gasteiger partial charge < -0.3 is 5.32 Å². The molecule has 0 spiro atoms. The third-order valence-electron chi connectivity index (χ3n) is 4.28. The number of nitrogens with one attached hydrogen (secondary N) is 1. The van der Waals surface area contributed by atoms with Crippen molar-refractivity contribution in [2.24, 2.45) is 0 Å². The number of hydrogen-bond acceptors (Lipinski definition) is 5. The van der Waals surface area contributed by atoms with Gasteiger partial charge in [-0.25, -0.2) is 13.2 Å². The van der Waals surface area contributed by atoms with Crippen molar-refractivity contribution in [3.8, 4) is 0 Å². The van der Waals surface area contributed by atoms with Crippen molar-refractivity contribution in [2.45, 2.75) is 18.0 Å². The highest BCUT2D eigenvalue weighted by atomic mass is 35.5. The summed E-state index contributed by atoms with van der Waals surface area (Å²) in [4.78, 5) is 37.2. The van der Waals surface area contributed by atoms with Crippen molar-refractivity contribution in [2.75, 3.05) is 11.6 Å². The second-order valence-corrected chi connectivity index (χ2v) is 9.02. The smallest absolute Gasteiger partial charge is 0.323 e. The lowest BCUT2D eigenvalue weighted by Gasteiger charge is -2.12. The number of carbonyl (C=O) groups is 1. The van der Waals surface area contributed by atoms with E-state index in [4.69, 9.17) is 11.6 Å². The monoisotopic (exact) mass is 447 g/mol. The van der Waals surface area contributed by atoms with Gasteiger partial charge >= 0.3 is 5.69 Å². The van der Waals surface area contributed by atoms with Crippen LogP contribution in [0.1, 0.15) is 5.56 Å². The lowest BCUT2D eigenvalue weighted by molar-refractivity contribution is -0.116. The largest absolute Gasteiger partial charge is 0.331 e. The Labute approximate surface area is 177 Å². The highest BCUT2D eigenvalue weighted by Crippen LogP contribution is 2.25. The Hall–Kier alpha value is -3.17. The third kappa shape index (κ3) is 5.05. The van der Waals surface area contributed by atoms with E-state index in [1.807, 2.05) is 30.3 Å². The van der Waals surface area contributed by atoms with Gasteiger partial charge in [0.15, 0.2) is 9.84 Å². The standard InChI is InChI=1S/C20H18ClN3O5S/c1-30(28,29)15-7-8-16(21)17(11-15)22-18(25)13-24-19(26)9-10-23(20(24)27)12-14-5-3-2-4-6-14/h2-11H,12-13H2,1H3,(H,22,25). The topological polar surface area (TPSA) is 107 Å². The Morgan fingerprint density at radius 3 is 2.43 bits per heavy atom. The van der Waals surface area contributed by atoms with Crippen molar-refractivity contribution < 1.29 is 13.2 Å². The van der Waals surface area contributed by atoms with Gasteiger partial charge in [-0.15, -0.1) is 0 Å². The normalized spacial score (nSPS) is 11.3. The Kier molecular flexibility index (Phi) is 6.23. The van der Waals surface area contributed by atoms with Crippen LogP contribution in [0.5, 0.6) is 0 Å². The quantitative estimate of drug-likeness (QED) is 0.619. The van der Waals surface area contributed by atoms with Crippen molar-refractivity contribution in [1.29, 1.82) is 0 Å². The van der Waals surface area contributed by atoms with E-state index in [0.29, 0.717) is 0 Å². The SMILES string of the molecule is CS(=O)(=O)c1ccc(Cl)c(NC(=O)Cn2c(=O)ccn(Cc3ccccc3)c2=O)c1. The first-order valence-corrected chi connectivity index (χ1v) is 11.1. The maximum atomic E-state index is 12.7. The summed E-state index contributed by atoms with van der Waals surface area (Å²) in [7, 11) is -3.50. The van der Waals surface area contributed by atoms with Crippen LogP contribution in [0.25, 0.3) is 0 Å². The van der Waals surface area contributed by atoms with E-state index in [0.717, 1.165) is 16.4 Å². The molecule has 1 aromatic heterocycles. The van der Waals surface area contributed by atoms with E-state index in [1.165, 1.54) is 35.0 Å². The zero-order chi connectivity index (χ0) is 21.9. The van der Waals surface area contributed by atoms with E-state index in [9.17, 15) is 22.8 Å². The molecule has 0 atom stereocenters. The van der Waals surface area contributed by atoms with Crippen LogP contribution >= 0.6 is 11.6 Å². The summed E-state index contributed by atoms with van der Waals surface area (Å²) in [6, 6.07) is 14.3. The third-order valence-corrected chi connectivity index (χ3v) is 5.72. The summed E-state index contributed by atoms with van der Waals surface area (Å²) in [6.07, 6.45) is 2.40. The Bertz CT molecular complexity index is 1310. The van der Waals surface area contributed by atoms with E-state index < -0.39 is 33.5 Å². The van der Waals surface area contributed by atoms with Crippen molar-refractivity contribution in [3.05, 3.63) is 92.2 Å². The van der Waals surface area contributed by atoms with Crippen LogP contribution in [0.3, 0.4) is 0 Å². The van der Waals surface area contributed by atoms with Crippen LogP contribution in [-0.2, 0) is 27.7 Å². The lowest BCUT2D eigenvalue weighted by atomic mass is 10.2. The van der Waals surface area contributed by atoms with E-state index >= 15 is 0 Å².